The van der Waals surface area contributed by atoms with E-state index in [4.69, 9.17) is 4.74 Å². The number of benzene rings is 3. The molecule has 0 aromatic heterocycles. The summed E-state index contributed by atoms with van der Waals surface area (Å²) >= 11 is 3.34. The minimum absolute atomic E-state index is 0.0976. The van der Waals surface area contributed by atoms with Crippen molar-refractivity contribution in [3.05, 3.63) is 87.4 Å². The van der Waals surface area contributed by atoms with Gasteiger partial charge in [-0.3, -0.25) is 9.10 Å². The molecule has 1 amide bonds. The van der Waals surface area contributed by atoms with Gasteiger partial charge in [0.1, 0.15) is 12.3 Å². The predicted molar refractivity (Wildman–Crippen MR) is 143 cm³/mol. The zero-order valence-corrected chi connectivity index (χ0v) is 23.0. The van der Waals surface area contributed by atoms with Gasteiger partial charge in [-0.2, -0.15) is 0 Å². The first kappa shape index (κ1) is 26.8. The summed E-state index contributed by atoms with van der Waals surface area (Å²) in [4.78, 5) is 13.2. The van der Waals surface area contributed by atoms with Gasteiger partial charge in [-0.05, 0) is 105 Å². The first-order valence-corrected chi connectivity index (χ1v) is 13.6. The summed E-state index contributed by atoms with van der Waals surface area (Å²) in [6.07, 6.45) is 0. The van der Waals surface area contributed by atoms with E-state index >= 15 is 0 Å². The van der Waals surface area contributed by atoms with Crippen molar-refractivity contribution in [2.45, 2.75) is 45.6 Å². The summed E-state index contributed by atoms with van der Waals surface area (Å²) in [5.74, 6) is 0.227. The fourth-order valence-corrected chi connectivity index (χ4v) is 5.55. The Morgan fingerprint density at radius 2 is 1.57 bits per heavy atom. The van der Waals surface area contributed by atoms with Crippen LogP contribution in [0.25, 0.3) is 0 Å². The lowest BCUT2D eigenvalue weighted by atomic mass is 9.96. The minimum Gasteiger partial charge on any atom is -0.494 e. The maximum absolute atomic E-state index is 13.6. The average Bonchev–Trinajstić information content (AvgIpc) is 2.81. The molecule has 1 N–H and O–H groups in total. The highest BCUT2D eigenvalue weighted by Gasteiger charge is 2.28. The fraction of sp³-hybridized carbons (Fsp3) is 0.296. The van der Waals surface area contributed by atoms with Crippen molar-refractivity contribution in [2.75, 3.05) is 17.5 Å². The van der Waals surface area contributed by atoms with E-state index in [-0.39, 0.29) is 17.5 Å². The van der Waals surface area contributed by atoms with E-state index in [1.165, 1.54) is 17.7 Å². The van der Waals surface area contributed by atoms with Gasteiger partial charge in [-0.25, -0.2) is 8.42 Å². The lowest BCUT2D eigenvalue weighted by Crippen LogP contribution is -2.41. The summed E-state index contributed by atoms with van der Waals surface area (Å²) in [6, 6.07) is 16.9. The maximum atomic E-state index is 13.6. The van der Waals surface area contributed by atoms with Gasteiger partial charge in [0, 0.05) is 4.47 Å². The molecule has 0 aliphatic heterocycles. The number of carbonyl (C=O) groups is 1. The minimum atomic E-state index is -4.00. The number of amides is 1. The van der Waals surface area contributed by atoms with Crippen molar-refractivity contribution >= 4 is 37.5 Å². The predicted octanol–water partition coefficient (Wildman–Crippen LogP) is 5.85. The third-order valence-electron chi connectivity index (χ3n) is 5.85. The highest BCUT2D eigenvalue weighted by molar-refractivity contribution is 9.10. The molecular weight excluding hydrogens is 528 g/mol. The normalized spacial score (nSPS) is 12.2. The topological polar surface area (TPSA) is 75.7 Å². The molecule has 0 fully saturated rings. The molecule has 0 saturated heterocycles. The average molecular weight is 560 g/mol. The van der Waals surface area contributed by atoms with Gasteiger partial charge in [0.15, 0.2) is 0 Å². The Bertz CT molecular complexity index is 1290. The summed E-state index contributed by atoms with van der Waals surface area (Å²) in [5.41, 5.74) is 4.78. The molecule has 1 atom stereocenters. The van der Waals surface area contributed by atoms with Crippen molar-refractivity contribution in [3.63, 3.8) is 0 Å². The molecule has 0 heterocycles. The SMILES string of the molecule is CCOc1ccc(N(CC(=O)N[C@@H](C)c2cc(C)c(C)cc2C)S(=O)(=O)c2ccc(Br)cc2)cc1. The van der Waals surface area contributed by atoms with Gasteiger partial charge in [0.25, 0.3) is 10.0 Å². The number of aryl methyl sites for hydroxylation is 3. The van der Waals surface area contributed by atoms with Gasteiger partial charge in [0.05, 0.1) is 23.2 Å². The molecule has 0 spiro atoms. The first-order valence-electron chi connectivity index (χ1n) is 11.4. The van der Waals surface area contributed by atoms with E-state index in [0.29, 0.717) is 18.0 Å². The largest absolute Gasteiger partial charge is 0.494 e. The van der Waals surface area contributed by atoms with Crippen LogP contribution in [0.15, 0.2) is 70.0 Å². The zero-order valence-electron chi connectivity index (χ0n) is 20.6. The summed E-state index contributed by atoms with van der Waals surface area (Å²) in [5, 5.41) is 2.97. The molecule has 0 radical (unpaired) electrons. The van der Waals surface area contributed by atoms with Crippen LogP contribution < -0.4 is 14.4 Å². The van der Waals surface area contributed by atoms with Crippen molar-refractivity contribution < 1.29 is 17.9 Å². The molecule has 3 aromatic rings. The lowest BCUT2D eigenvalue weighted by molar-refractivity contribution is -0.120. The van der Waals surface area contributed by atoms with Gasteiger partial charge in [-0.1, -0.05) is 28.1 Å². The van der Waals surface area contributed by atoms with E-state index in [2.05, 4.69) is 40.3 Å². The Labute approximate surface area is 216 Å². The van der Waals surface area contributed by atoms with Crippen molar-refractivity contribution in [1.82, 2.24) is 5.32 Å². The molecule has 0 bridgehead atoms. The zero-order chi connectivity index (χ0) is 25.8. The van der Waals surface area contributed by atoms with E-state index in [9.17, 15) is 13.2 Å². The highest BCUT2D eigenvalue weighted by Crippen LogP contribution is 2.27. The van der Waals surface area contributed by atoms with Gasteiger partial charge >= 0.3 is 0 Å². The first-order chi connectivity index (χ1) is 16.5. The summed E-state index contributed by atoms with van der Waals surface area (Å²) < 4.78 is 34.5. The Morgan fingerprint density at radius 1 is 0.971 bits per heavy atom. The number of halogens is 1. The smallest absolute Gasteiger partial charge is 0.264 e. The molecule has 35 heavy (non-hydrogen) atoms. The van der Waals surface area contributed by atoms with Crippen molar-refractivity contribution in [3.8, 4) is 5.75 Å². The van der Waals surface area contributed by atoms with Crippen LogP contribution in [0.5, 0.6) is 5.75 Å². The molecule has 186 valence electrons. The second-order valence-corrected chi connectivity index (χ2v) is 11.3. The van der Waals surface area contributed by atoms with Crippen LogP contribution >= 0.6 is 15.9 Å². The van der Waals surface area contributed by atoms with E-state index in [0.717, 1.165) is 25.5 Å². The Balaban J connectivity index is 1.91. The quantitative estimate of drug-likeness (QED) is 0.357. The molecule has 0 aliphatic carbocycles. The van der Waals surface area contributed by atoms with Crippen molar-refractivity contribution in [1.29, 1.82) is 0 Å². The number of carbonyl (C=O) groups excluding carboxylic acids is 1. The van der Waals surface area contributed by atoms with Crippen LogP contribution in [0.2, 0.25) is 0 Å². The number of hydrogen-bond donors (Lipinski definition) is 1. The number of anilines is 1. The fourth-order valence-electron chi connectivity index (χ4n) is 3.87. The number of nitrogens with one attached hydrogen (secondary N) is 1. The Morgan fingerprint density at radius 3 is 2.17 bits per heavy atom. The monoisotopic (exact) mass is 558 g/mol. The lowest BCUT2D eigenvalue weighted by Gasteiger charge is -2.26. The molecule has 0 saturated carbocycles. The number of sulfonamides is 1. The standard InChI is InChI=1S/C27H31BrN2O4S/c1-6-34-24-11-9-23(10-12-24)30(35(32,33)25-13-7-22(28)8-14-25)17-27(31)29-21(5)26-16-19(3)18(2)15-20(26)4/h7-16,21H,6,17H2,1-5H3,(H,29,31)/t21-/m0/s1. The molecule has 3 rings (SSSR count). The van der Waals surface area contributed by atoms with E-state index in [1.54, 1.807) is 36.4 Å². The molecule has 8 heteroatoms. The van der Waals surface area contributed by atoms with E-state index in [1.807, 2.05) is 27.7 Å². The number of nitrogens with zero attached hydrogens (tertiary/aromatic N) is 1. The number of hydrogen-bond acceptors (Lipinski definition) is 4. The maximum Gasteiger partial charge on any atom is 0.264 e. The third kappa shape index (κ3) is 6.44. The van der Waals surface area contributed by atoms with Crippen molar-refractivity contribution in [2.24, 2.45) is 0 Å². The molecular formula is C27H31BrN2O4S. The molecule has 6 nitrogen and oxygen atoms in total. The van der Waals surface area contributed by atoms with Crippen LogP contribution in [-0.4, -0.2) is 27.5 Å². The molecule has 0 unspecified atom stereocenters. The molecule has 3 aromatic carbocycles. The van der Waals surface area contributed by atoms with Crippen LogP contribution in [0.4, 0.5) is 5.69 Å². The van der Waals surface area contributed by atoms with Crippen LogP contribution in [0, 0.1) is 20.8 Å². The van der Waals surface area contributed by atoms with E-state index < -0.39 is 15.9 Å². The summed E-state index contributed by atoms with van der Waals surface area (Å²) in [7, 11) is -4.00. The molecule has 0 aliphatic rings. The number of rotatable bonds is 9. The van der Waals surface area contributed by atoms with Gasteiger partial charge in [-0.15, -0.1) is 0 Å². The number of ether oxygens (including phenoxy) is 1. The third-order valence-corrected chi connectivity index (χ3v) is 8.17. The Hall–Kier alpha value is -2.84. The van der Waals surface area contributed by atoms with Gasteiger partial charge in [0.2, 0.25) is 5.91 Å². The summed E-state index contributed by atoms with van der Waals surface area (Å²) in [6.45, 7) is 10.0. The van der Waals surface area contributed by atoms with Crippen LogP contribution in [0.1, 0.15) is 42.1 Å². The second kappa shape index (κ2) is 11.3. The Kier molecular flexibility index (Phi) is 8.61. The van der Waals surface area contributed by atoms with Crippen LogP contribution in [0.3, 0.4) is 0 Å². The second-order valence-electron chi connectivity index (χ2n) is 8.47. The highest BCUT2D eigenvalue weighted by atomic mass is 79.9. The van der Waals surface area contributed by atoms with Gasteiger partial charge < -0.3 is 10.1 Å². The van der Waals surface area contributed by atoms with Crippen LogP contribution in [-0.2, 0) is 14.8 Å².